The highest BCUT2D eigenvalue weighted by Gasteiger charge is 2.19. The molecule has 3 aromatic heterocycles. The van der Waals surface area contributed by atoms with E-state index in [0.29, 0.717) is 29.9 Å². The molecule has 0 unspecified atom stereocenters. The molecule has 12 nitrogen and oxygen atoms in total. The van der Waals surface area contributed by atoms with E-state index >= 15 is 0 Å². The maximum atomic E-state index is 12.8. The highest BCUT2D eigenvalue weighted by molar-refractivity contribution is 5.89. The van der Waals surface area contributed by atoms with Gasteiger partial charge in [0.1, 0.15) is 0 Å². The van der Waals surface area contributed by atoms with E-state index in [9.17, 15) is 14.7 Å². The second kappa shape index (κ2) is 11.4. The van der Waals surface area contributed by atoms with Gasteiger partial charge in [-0.3, -0.25) is 4.79 Å². The summed E-state index contributed by atoms with van der Waals surface area (Å²) < 4.78 is 16.4. The van der Waals surface area contributed by atoms with E-state index in [1.807, 2.05) is 6.07 Å². The fraction of sp³-hybridized carbons (Fsp3) is 0.429. The molecule has 1 aliphatic heterocycles. The Morgan fingerprint density at radius 2 is 1.98 bits per heavy atom. The summed E-state index contributed by atoms with van der Waals surface area (Å²) in [6.45, 7) is 6.50. The number of aromatic nitrogens is 5. The van der Waals surface area contributed by atoms with Gasteiger partial charge in [0.2, 0.25) is 11.8 Å². The number of imidazole rings is 1. The fourth-order valence-electron chi connectivity index (χ4n) is 5.15. The van der Waals surface area contributed by atoms with E-state index in [2.05, 4.69) is 38.6 Å². The summed E-state index contributed by atoms with van der Waals surface area (Å²) in [5.41, 5.74) is 9.76. The minimum Gasteiger partial charge on any atom is -0.478 e. The van der Waals surface area contributed by atoms with Crippen LogP contribution in [0.5, 0.6) is 5.88 Å². The third-order valence-electron chi connectivity index (χ3n) is 7.32. The van der Waals surface area contributed by atoms with Crippen molar-refractivity contribution in [1.82, 2.24) is 23.9 Å². The van der Waals surface area contributed by atoms with Crippen LogP contribution in [0, 0.1) is 5.92 Å². The van der Waals surface area contributed by atoms with Crippen LogP contribution in [-0.2, 0) is 25.4 Å². The number of ether oxygens (including phenoxy) is 2. The van der Waals surface area contributed by atoms with E-state index in [0.717, 1.165) is 62.4 Å². The quantitative estimate of drug-likeness (QED) is 0.286. The first-order valence-electron chi connectivity index (χ1n) is 13.4. The number of hydrogen-bond donors (Lipinski definition) is 2. The summed E-state index contributed by atoms with van der Waals surface area (Å²) >= 11 is 0. The summed E-state index contributed by atoms with van der Waals surface area (Å²) in [7, 11) is 3.25. The van der Waals surface area contributed by atoms with Gasteiger partial charge in [-0.15, -0.1) is 0 Å². The van der Waals surface area contributed by atoms with Crippen molar-refractivity contribution in [2.24, 2.45) is 20.0 Å². The van der Waals surface area contributed by atoms with Crippen molar-refractivity contribution in [3.8, 4) is 17.0 Å². The van der Waals surface area contributed by atoms with Crippen LogP contribution in [-0.4, -0.2) is 67.9 Å². The number of aryl methyl sites for hydroxylation is 2. The highest BCUT2D eigenvalue weighted by Crippen LogP contribution is 2.29. The third-order valence-corrected chi connectivity index (χ3v) is 7.32. The number of fused-ring (bicyclic) bond motifs is 1. The molecule has 5 rings (SSSR count). The first-order chi connectivity index (χ1) is 19.2. The van der Waals surface area contributed by atoms with Gasteiger partial charge in [-0.25, -0.2) is 14.5 Å². The fourth-order valence-corrected chi connectivity index (χ4v) is 5.15. The minimum atomic E-state index is -1.11. The molecule has 0 bridgehead atoms. The number of hydrogen-bond acceptors (Lipinski definition) is 8. The molecule has 1 saturated heterocycles. The lowest BCUT2D eigenvalue weighted by Crippen LogP contribution is -2.36. The van der Waals surface area contributed by atoms with Crippen molar-refractivity contribution < 1.29 is 19.4 Å². The Labute approximate surface area is 231 Å². The number of morpholine rings is 1. The normalized spacial score (nSPS) is 14.5. The molecule has 1 atom stereocenters. The first-order valence-corrected chi connectivity index (χ1v) is 13.4. The van der Waals surface area contributed by atoms with Crippen LogP contribution >= 0.6 is 0 Å². The maximum Gasteiger partial charge on any atom is 0.337 e. The van der Waals surface area contributed by atoms with Gasteiger partial charge >= 0.3 is 5.97 Å². The van der Waals surface area contributed by atoms with E-state index < -0.39 is 5.97 Å². The molecule has 4 aromatic rings. The Morgan fingerprint density at radius 1 is 1.20 bits per heavy atom. The number of nitrogen functional groups attached to an aromatic ring is 1. The summed E-state index contributed by atoms with van der Waals surface area (Å²) in [6, 6.07) is 7.64. The lowest BCUT2D eigenvalue weighted by atomic mass is 10.1. The van der Waals surface area contributed by atoms with Gasteiger partial charge in [0.05, 0.1) is 53.7 Å². The Hall–Kier alpha value is -4.32. The summed E-state index contributed by atoms with van der Waals surface area (Å²) in [5, 5.41) is 13.7. The number of carbonyl (C=O) groups is 1. The molecule has 4 heterocycles. The molecular formula is C28H35N7O5. The molecule has 0 spiro atoms. The van der Waals surface area contributed by atoms with E-state index in [-0.39, 0.29) is 16.7 Å². The third kappa shape index (κ3) is 5.53. The predicted molar refractivity (Wildman–Crippen MR) is 152 cm³/mol. The van der Waals surface area contributed by atoms with Gasteiger partial charge in [-0.2, -0.15) is 5.10 Å². The Kier molecular flexibility index (Phi) is 7.78. The standard InChI is InChI=1S/C28H35N7O5/c1-18(16-35-24-14-20(34-8-11-39-12-9-34)6-7-23(24)31-28(35)29)5-4-10-40-26-22(15-30-33(26)3)21-13-19(27(37)38)17-32(2)25(21)36/h6-7,13-15,17-18H,4-5,8-12,16H2,1-3H3,(H2,29,31)(H,37,38)/t18-/m1/s1. The van der Waals surface area contributed by atoms with Crippen molar-refractivity contribution in [2.75, 3.05) is 43.5 Å². The van der Waals surface area contributed by atoms with Crippen LogP contribution < -0.4 is 20.9 Å². The van der Waals surface area contributed by atoms with Gasteiger partial charge in [0.15, 0.2) is 0 Å². The van der Waals surface area contributed by atoms with Crippen LogP contribution in [0.3, 0.4) is 0 Å². The largest absolute Gasteiger partial charge is 0.478 e. The lowest BCUT2D eigenvalue weighted by Gasteiger charge is -2.29. The predicted octanol–water partition coefficient (Wildman–Crippen LogP) is 2.75. The zero-order chi connectivity index (χ0) is 28.4. The number of carboxylic acid groups (broad SMARTS) is 1. The molecule has 1 fully saturated rings. The maximum absolute atomic E-state index is 12.8. The van der Waals surface area contributed by atoms with Crippen molar-refractivity contribution in [3.63, 3.8) is 0 Å². The lowest BCUT2D eigenvalue weighted by molar-refractivity contribution is 0.0696. The molecule has 212 valence electrons. The smallest absolute Gasteiger partial charge is 0.337 e. The van der Waals surface area contributed by atoms with E-state index in [4.69, 9.17) is 15.2 Å². The zero-order valence-corrected chi connectivity index (χ0v) is 23.0. The Morgan fingerprint density at radius 3 is 2.73 bits per heavy atom. The number of rotatable bonds is 10. The second-order valence-corrected chi connectivity index (χ2v) is 10.3. The SMILES string of the molecule is C[C@H](CCCOc1c(-c2cc(C(=O)O)cn(C)c2=O)cnn1C)Cn1c(N)nc2ccc(N3CCOCC3)cc21. The molecule has 0 amide bonds. The summed E-state index contributed by atoms with van der Waals surface area (Å²) in [5.74, 6) is 0.122. The van der Waals surface area contributed by atoms with Crippen molar-refractivity contribution >= 4 is 28.6 Å². The van der Waals surface area contributed by atoms with Gasteiger partial charge < -0.3 is 34.3 Å². The van der Waals surface area contributed by atoms with E-state index in [1.165, 1.54) is 30.1 Å². The van der Waals surface area contributed by atoms with Gasteiger partial charge in [-0.05, 0) is 43.0 Å². The van der Waals surface area contributed by atoms with E-state index in [1.54, 1.807) is 11.7 Å². The van der Waals surface area contributed by atoms with Gasteiger partial charge in [0, 0.05) is 45.6 Å². The number of anilines is 2. The zero-order valence-electron chi connectivity index (χ0n) is 23.0. The van der Waals surface area contributed by atoms with Crippen LogP contribution in [0.4, 0.5) is 11.6 Å². The average molecular weight is 550 g/mol. The minimum absolute atomic E-state index is 0.0177. The Balaban J connectivity index is 1.23. The first kappa shape index (κ1) is 27.3. The van der Waals surface area contributed by atoms with Crippen LogP contribution in [0.1, 0.15) is 30.1 Å². The number of carboxylic acids is 1. The summed E-state index contributed by atoms with van der Waals surface area (Å²) in [4.78, 5) is 31.2. The van der Waals surface area contributed by atoms with Gasteiger partial charge in [-0.1, -0.05) is 6.92 Å². The molecule has 1 aliphatic rings. The molecule has 40 heavy (non-hydrogen) atoms. The molecule has 1 aromatic carbocycles. The van der Waals surface area contributed by atoms with Gasteiger partial charge in [0.25, 0.3) is 5.56 Å². The highest BCUT2D eigenvalue weighted by atomic mass is 16.5. The van der Waals surface area contributed by atoms with Crippen molar-refractivity contribution in [2.45, 2.75) is 26.3 Å². The molecule has 3 N–H and O–H groups in total. The molecule has 0 radical (unpaired) electrons. The van der Waals surface area contributed by atoms with Crippen molar-refractivity contribution in [3.05, 3.63) is 52.6 Å². The molecule has 0 aliphatic carbocycles. The van der Waals surface area contributed by atoms with Crippen LogP contribution in [0.25, 0.3) is 22.2 Å². The van der Waals surface area contributed by atoms with Crippen molar-refractivity contribution in [1.29, 1.82) is 0 Å². The monoisotopic (exact) mass is 549 g/mol. The average Bonchev–Trinajstić information content (AvgIpc) is 3.46. The number of aromatic carboxylic acids is 1. The van der Waals surface area contributed by atoms with Crippen LogP contribution in [0.2, 0.25) is 0 Å². The number of pyridine rings is 1. The number of nitrogens with two attached hydrogens (primary N) is 1. The van der Waals surface area contributed by atoms with Crippen LogP contribution in [0.15, 0.2) is 41.5 Å². The molecule has 0 saturated carbocycles. The number of benzene rings is 1. The summed E-state index contributed by atoms with van der Waals surface area (Å²) in [6.07, 6.45) is 4.47. The Bertz CT molecular complexity index is 1580. The molecule has 12 heteroatoms. The molecular weight excluding hydrogens is 514 g/mol. The second-order valence-electron chi connectivity index (χ2n) is 10.3. The number of nitrogens with zero attached hydrogens (tertiary/aromatic N) is 6. The topological polar surface area (TPSA) is 143 Å².